The van der Waals surface area contributed by atoms with Crippen molar-refractivity contribution in [3.05, 3.63) is 52.8 Å². The molecule has 0 unspecified atom stereocenters. The highest BCUT2D eigenvalue weighted by Gasteiger charge is 2.30. The molecule has 6 nitrogen and oxygen atoms in total. The fourth-order valence-electron chi connectivity index (χ4n) is 4.56. The molecule has 0 atom stereocenters. The summed E-state index contributed by atoms with van der Waals surface area (Å²) in [5.74, 6) is 0.584. The number of anilines is 1. The van der Waals surface area contributed by atoms with E-state index in [1.54, 1.807) is 11.0 Å². The maximum absolute atomic E-state index is 13.0. The minimum absolute atomic E-state index is 0.0422. The molecule has 2 aliphatic rings. The maximum Gasteiger partial charge on any atom is 0.416 e. The first-order chi connectivity index (χ1) is 16.3. The summed E-state index contributed by atoms with van der Waals surface area (Å²) in [6.07, 6.45) is 1.11. The Morgan fingerprint density at radius 2 is 1.82 bits per heavy atom. The van der Waals surface area contributed by atoms with Crippen LogP contribution in [-0.2, 0) is 30.2 Å². The monoisotopic (exact) mass is 475 g/mol. The number of hydrogen-bond donors (Lipinski definition) is 0. The third-order valence-corrected chi connectivity index (χ3v) is 6.66. The van der Waals surface area contributed by atoms with Crippen molar-refractivity contribution in [1.29, 1.82) is 0 Å². The second kappa shape index (κ2) is 10.7. The third kappa shape index (κ3) is 6.05. The van der Waals surface area contributed by atoms with E-state index < -0.39 is 11.7 Å². The van der Waals surface area contributed by atoms with Crippen molar-refractivity contribution in [3.63, 3.8) is 0 Å². The number of alkyl halides is 3. The smallest absolute Gasteiger partial charge is 0.342 e. The lowest BCUT2D eigenvalue weighted by atomic mass is 10.1. The van der Waals surface area contributed by atoms with Gasteiger partial charge in [0.1, 0.15) is 0 Å². The van der Waals surface area contributed by atoms with Crippen molar-refractivity contribution >= 4 is 11.9 Å². The van der Waals surface area contributed by atoms with Gasteiger partial charge in [-0.2, -0.15) is 13.2 Å². The fraction of sp³-hybridized carbons (Fsp3) is 0.560. The van der Waals surface area contributed by atoms with E-state index in [0.717, 1.165) is 62.1 Å². The molecule has 0 bridgehead atoms. The minimum atomic E-state index is -4.41. The number of unbranched alkanes of at least 4 members (excludes halogenated alkanes) is 1. The van der Waals surface area contributed by atoms with E-state index in [9.17, 15) is 18.0 Å². The summed E-state index contributed by atoms with van der Waals surface area (Å²) in [5.41, 5.74) is 1.66. The molecule has 184 valence electrons. The Balaban J connectivity index is 1.35. The van der Waals surface area contributed by atoms with Crippen LogP contribution in [0.2, 0.25) is 0 Å². The normalized spacial score (nSPS) is 17.4. The number of piperazine rings is 1. The summed E-state index contributed by atoms with van der Waals surface area (Å²) in [7, 11) is 0. The summed E-state index contributed by atoms with van der Waals surface area (Å²) in [4.78, 5) is 28.7. The molecule has 1 aromatic carbocycles. The predicted octanol–water partition coefficient (Wildman–Crippen LogP) is 3.59. The number of rotatable bonds is 6. The van der Waals surface area contributed by atoms with Gasteiger partial charge >= 0.3 is 6.18 Å². The predicted molar refractivity (Wildman–Crippen MR) is 125 cm³/mol. The van der Waals surface area contributed by atoms with E-state index in [1.165, 1.54) is 18.9 Å². The van der Waals surface area contributed by atoms with Crippen LogP contribution in [-0.4, -0.2) is 71.5 Å². The van der Waals surface area contributed by atoms with Crippen LogP contribution in [0, 0.1) is 0 Å². The highest BCUT2D eigenvalue weighted by Crippen LogP contribution is 2.29. The maximum atomic E-state index is 13.0. The lowest BCUT2D eigenvalue weighted by Gasteiger charge is -2.34. The van der Waals surface area contributed by atoms with E-state index in [2.05, 4.69) is 21.7 Å². The van der Waals surface area contributed by atoms with Crippen LogP contribution in [0.4, 0.5) is 19.1 Å². The zero-order valence-corrected chi connectivity index (χ0v) is 19.7. The Labute approximate surface area is 198 Å². The van der Waals surface area contributed by atoms with Crippen LogP contribution in [0.5, 0.6) is 0 Å². The van der Waals surface area contributed by atoms with Gasteiger partial charge in [0.15, 0.2) is 0 Å². The molecule has 0 radical (unpaired) electrons. The zero-order chi connectivity index (χ0) is 24.1. The van der Waals surface area contributed by atoms with Crippen molar-refractivity contribution < 1.29 is 18.0 Å². The average molecular weight is 476 g/mol. The number of nitrogens with zero attached hydrogens (tertiary/aromatic N) is 5. The van der Waals surface area contributed by atoms with E-state index in [0.29, 0.717) is 31.5 Å². The van der Waals surface area contributed by atoms with Gasteiger partial charge in [-0.05, 0) is 36.6 Å². The van der Waals surface area contributed by atoms with E-state index in [4.69, 9.17) is 4.98 Å². The van der Waals surface area contributed by atoms with Gasteiger partial charge in [0.25, 0.3) is 0 Å². The number of carbonyl (C=O) groups excluding carboxylic acids is 1. The highest BCUT2D eigenvalue weighted by molar-refractivity contribution is 5.79. The molecule has 2 aromatic rings. The summed E-state index contributed by atoms with van der Waals surface area (Å²) in [6, 6.07) is 5.01. The van der Waals surface area contributed by atoms with Crippen molar-refractivity contribution in [3.8, 4) is 0 Å². The first-order valence-corrected chi connectivity index (χ1v) is 12.1. The molecular weight excluding hydrogens is 443 g/mol. The van der Waals surface area contributed by atoms with E-state index in [-0.39, 0.29) is 12.3 Å². The van der Waals surface area contributed by atoms with Crippen molar-refractivity contribution in [2.24, 2.45) is 0 Å². The van der Waals surface area contributed by atoms with Crippen LogP contribution in [0.1, 0.15) is 42.1 Å². The van der Waals surface area contributed by atoms with Gasteiger partial charge in [-0.3, -0.25) is 9.69 Å². The first kappa shape index (κ1) is 24.4. The number of fused-ring (bicyclic) bond motifs is 1. The molecule has 0 saturated carbocycles. The molecule has 3 heterocycles. The number of amides is 1. The first-order valence-electron chi connectivity index (χ1n) is 12.1. The van der Waals surface area contributed by atoms with Gasteiger partial charge in [0.2, 0.25) is 11.9 Å². The Morgan fingerprint density at radius 1 is 1.06 bits per heavy atom. The minimum Gasteiger partial charge on any atom is -0.342 e. The third-order valence-electron chi connectivity index (χ3n) is 6.66. The summed E-state index contributed by atoms with van der Waals surface area (Å²) < 4.78 is 39.0. The molecule has 4 rings (SSSR count). The summed E-state index contributed by atoms with van der Waals surface area (Å²) >= 11 is 0. The van der Waals surface area contributed by atoms with Gasteiger partial charge in [0, 0.05) is 51.9 Å². The number of carbonyl (C=O) groups is 1. The van der Waals surface area contributed by atoms with Gasteiger partial charge in [-0.1, -0.05) is 31.5 Å². The Morgan fingerprint density at radius 3 is 2.56 bits per heavy atom. The average Bonchev–Trinajstić information content (AvgIpc) is 3.05. The molecule has 2 aliphatic heterocycles. The molecular formula is C25H32F3N5O. The number of aromatic nitrogens is 2. The van der Waals surface area contributed by atoms with Crippen LogP contribution in [0.15, 0.2) is 30.5 Å². The standard InChI is InChI=1S/C25H32F3N5O/c1-2-3-9-31-12-14-33(15-13-31)24-29-18-20-7-10-32(11-8-22(20)30-24)23(34)17-19-5-4-6-21(16-19)25(26,27)28/h4-6,16,18H,2-3,7-15,17H2,1H3. The van der Waals surface area contributed by atoms with Crippen molar-refractivity contribution in [2.75, 3.05) is 50.7 Å². The van der Waals surface area contributed by atoms with Crippen LogP contribution >= 0.6 is 0 Å². The van der Waals surface area contributed by atoms with Gasteiger partial charge in [-0.25, -0.2) is 9.97 Å². The van der Waals surface area contributed by atoms with Crippen LogP contribution < -0.4 is 4.90 Å². The largest absolute Gasteiger partial charge is 0.416 e. The lowest BCUT2D eigenvalue weighted by molar-refractivity contribution is -0.138. The quantitative estimate of drug-likeness (QED) is 0.639. The molecule has 1 aromatic heterocycles. The summed E-state index contributed by atoms with van der Waals surface area (Å²) in [5, 5.41) is 0. The SMILES string of the molecule is CCCCN1CCN(c2ncc3c(n2)CCN(C(=O)Cc2cccc(C(F)(F)F)c2)CC3)CC1. The number of halogens is 3. The van der Waals surface area contributed by atoms with Gasteiger partial charge in [-0.15, -0.1) is 0 Å². The molecule has 34 heavy (non-hydrogen) atoms. The molecule has 0 N–H and O–H groups in total. The molecule has 9 heteroatoms. The van der Waals surface area contributed by atoms with E-state index >= 15 is 0 Å². The van der Waals surface area contributed by atoms with Gasteiger partial charge in [0.05, 0.1) is 17.7 Å². The fourth-order valence-corrected chi connectivity index (χ4v) is 4.56. The van der Waals surface area contributed by atoms with Crippen molar-refractivity contribution in [1.82, 2.24) is 19.8 Å². The number of benzene rings is 1. The molecule has 0 aliphatic carbocycles. The molecule has 0 spiro atoms. The molecule has 1 amide bonds. The Hall–Kier alpha value is -2.68. The molecule has 1 saturated heterocycles. The van der Waals surface area contributed by atoms with Crippen LogP contribution in [0.3, 0.4) is 0 Å². The second-order valence-corrected chi connectivity index (χ2v) is 9.08. The Kier molecular flexibility index (Phi) is 7.70. The second-order valence-electron chi connectivity index (χ2n) is 9.08. The number of hydrogen-bond acceptors (Lipinski definition) is 5. The van der Waals surface area contributed by atoms with Gasteiger partial charge < -0.3 is 9.80 Å². The Bertz CT molecular complexity index is 989. The van der Waals surface area contributed by atoms with E-state index in [1.807, 2.05) is 6.20 Å². The lowest BCUT2D eigenvalue weighted by Crippen LogP contribution is -2.47. The van der Waals surface area contributed by atoms with Crippen LogP contribution in [0.25, 0.3) is 0 Å². The highest BCUT2D eigenvalue weighted by atomic mass is 19.4. The topological polar surface area (TPSA) is 52.6 Å². The van der Waals surface area contributed by atoms with Crippen molar-refractivity contribution in [2.45, 2.75) is 45.2 Å². The zero-order valence-electron chi connectivity index (χ0n) is 19.7. The molecule has 1 fully saturated rings. The summed E-state index contributed by atoms with van der Waals surface area (Å²) in [6.45, 7) is 8.21.